The predicted molar refractivity (Wildman–Crippen MR) is 80.5 cm³/mol. The number of carbonyl (C=O) groups is 1. The van der Waals surface area contributed by atoms with Gasteiger partial charge in [0.2, 0.25) is 10.0 Å². The number of nitrogens with one attached hydrogen (secondary N) is 2. The summed E-state index contributed by atoms with van der Waals surface area (Å²) >= 11 is 0. The molecule has 1 aliphatic carbocycles. The van der Waals surface area contributed by atoms with Gasteiger partial charge in [0.15, 0.2) is 0 Å². The number of benzene rings is 1. The quantitative estimate of drug-likeness (QED) is 0.887. The molecule has 1 aromatic rings. The molecule has 6 nitrogen and oxygen atoms in total. The van der Waals surface area contributed by atoms with Crippen LogP contribution in [0.25, 0.3) is 0 Å². The largest absolute Gasteiger partial charge is 0.446 e. The van der Waals surface area contributed by atoms with Crippen LogP contribution in [0, 0.1) is 5.82 Å². The lowest BCUT2D eigenvalue weighted by atomic mass is 9.94. The highest BCUT2D eigenvalue weighted by Gasteiger charge is 2.26. The number of ether oxygens (including phenoxy) is 1. The Morgan fingerprint density at radius 3 is 2.59 bits per heavy atom. The number of hydrogen-bond acceptors (Lipinski definition) is 4. The summed E-state index contributed by atoms with van der Waals surface area (Å²) in [6.45, 7) is 0. The maximum absolute atomic E-state index is 12.8. The van der Waals surface area contributed by atoms with Gasteiger partial charge in [-0.3, -0.25) is 5.32 Å². The number of carbonyl (C=O) groups excluding carboxylic acids is 1. The molecule has 1 amide bonds. The van der Waals surface area contributed by atoms with Crippen LogP contribution in [0.2, 0.25) is 0 Å². The zero-order chi connectivity index (χ0) is 16.2. The lowest BCUT2D eigenvalue weighted by Gasteiger charge is -2.28. The molecule has 8 heteroatoms. The van der Waals surface area contributed by atoms with Crippen molar-refractivity contribution in [3.8, 4) is 0 Å². The van der Waals surface area contributed by atoms with Gasteiger partial charge in [0.05, 0.1) is 6.26 Å². The Morgan fingerprint density at radius 1 is 1.27 bits per heavy atom. The van der Waals surface area contributed by atoms with E-state index in [4.69, 9.17) is 4.74 Å². The van der Waals surface area contributed by atoms with E-state index in [1.54, 1.807) is 0 Å². The van der Waals surface area contributed by atoms with E-state index >= 15 is 0 Å². The molecule has 2 rings (SSSR count). The van der Waals surface area contributed by atoms with Gasteiger partial charge in [-0.1, -0.05) is 0 Å². The molecule has 0 saturated heterocycles. The predicted octanol–water partition coefficient (Wildman–Crippen LogP) is 2.23. The fourth-order valence-corrected chi connectivity index (χ4v) is 3.31. The summed E-state index contributed by atoms with van der Waals surface area (Å²) in [5, 5.41) is 2.51. The molecule has 2 N–H and O–H groups in total. The standard InChI is InChI=1S/C14H19FN2O4S/c1-22(19,20)17-12-3-2-4-13(9-12)21-14(18)16-11-7-5-10(15)6-8-11/h5-8,12-13,17H,2-4,9H2,1H3,(H,16,18)/t12-,13-/m1/s1. The van der Waals surface area contributed by atoms with Crippen LogP contribution < -0.4 is 10.0 Å². The van der Waals surface area contributed by atoms with Gasteiger partial charge in [-0.05, 0) is 43.5 Å². The van der Waals surface area contributed by atoms with Crippen LogP contribution in [0.3, 0.4) is 0 Å². The Balaban J connectivity index is 1.84. The summed E-state index contributed by atoms with van der Waals surface area (Å²) < 4.78 is 43.1. The molecule has 0 aromatic heterocycles. The van der Waals surface area contributed by atoms with Crippen LogP contribution in [0.1, 0.15) is 25.7 Å². The summed E-state index contributed by atoms with van der Waals surface area (Å²) in [4.78, 5) is 11.8. The Hall–Kier alpha value is -1.67. The van der Waals surface area contributed by atoms with Crippen molar-refractivity contribution in [2.24, 2.45) is 0 Å². The van der Waals surface area contributed by atoms with Gasteiger partial charge in [0, 0.05) is 18.2 Å². The molecule has 2 atom stereocenters. The minimum Gasteiger partial charge on any atom is -0.446 e. The molecule has 0 unspecified atom stereocenters. The summed E-state index contributed by atoms with van der Waals surface area (Å²) in [6.07, 6.45) is 2.79. The second-order valence-electron chi connectivity index (χ2n) is 5.41. The van der Waals surface area contributed by atoms with Crippen molar-refractivity contribution < 1.29 is 22.3 Å². The minimum absolute atomic E-state index is 0.215. The fraction of sp³-hybridized carbons (Fsp3) is 0.500. The maximum atomic E-state index is 12.8. The molecule has 1 fully saturated rings. The van der Waals surface area contributed by atoms with Crippen LogP contribution in [0.15, 0.2) is 24.3 Å². The highest BCUT2D eigenvalue weighted by Crippen LogP contribution is 2.22. The summed E-state index contributed by atoms with van der Waals surface area (Å²) in [7, 11) is -3.27. The average molecular weight is 330 g/mol. The van der Waals surface area contributed by atoms with Crippen LogP contribution in [-0.4, -0.2) is 32.9 Å². The van der Waals surface area contributed by atoms with Gasteiger partial charge in [-0.25, -0.2) is 22.3 Å². The molecular formula is C14H19FN2O4S. The van der Waals surface area contributed by atoms with Crippen LogP contribution in [0.5, 0.6) is 0 Å². The van der Waals surface area contributed by atoms with Gasteiger partial charge in [-0.2, -0.15) is 0 Å². The van der Waals surface area contributed by atoms with Crippen LogP contribution >= 0.6 is 0 Å². The summed E-state index contributed by atoms with van der Waals surface area (Å²) in [5.74, 6) is -0.388. The zero-order valence-electron chi connectivity index (χ0n) is 12.2. The summed E-state index contributed by atoms with van der Waals surface area (Å²) in [6, 6.07) is 5.13. The number of anilines is 1. The van der Waals surface area contributed by atoms with E-state index < -0.39 is 16.1 Å². The maximum Gasteiger partial charge on any atom is 0.411 e. The zero-order valence-corrected chi connectivity index (χ0v) is 13.0. The lowest BCUT2D eigenvalue weighted by molar-refractivity contribution is 0.0793. The SMILES string of the molecule is CS(=O)(=O)N[C@@H]1CCC[C@@H](OC(=O)Nc2ccc(F)cc2)C1. The second-order valence-corrected chi connectivity index (χ2v) is 7.19. The van der Waals surface area contributed by atoms with Crippen molar-refractivity contribution >= 4 is 21.8 Å². The Labute approximate surface area is 129 Å². The van der Waals surface area contributed by atoms with Crippen molar-refractivity contribution in [3.63, 3.8) is 0 Å². The third-order valence-corrected chi connectivity index (χ3v) is 4.13. The van der Waals surface area contributed by atoms with E-state index in [1.165, 1.54) is 24.3 Å². The third-order valence-electron chi connectivity index (χ3n) is 3.37. The molecular weight excluding hydrogens is 311 g/mol. The molecule has 1 aromatic carbocycles. The van der Waals surface area contributed by atoms with E-state index in [2.05, 4.69) is 10.0 Å². The highest BCUT2D eigenvalue weighted by molar-refractivity contribution is 7.88. The van der Waals surface area contributed by atoms with Crippen molar-refractivity contribution in [2.45, 2.75) is 37.8 Å². The van der Waals surface area contributed by atoms with E-state index in [-0.39, 0.29) is 18.0 Å². The smallest absolute Gasteiger partial charge is 0.411 e. The highest BCUT2D eigenvalue weighted by atomic mass is 32.2. The second kappa shape index (κ2) is 7.06. The first kappa shape index (κ1) is 16.7. The number of rotatable bonds is 4. The molecule has 0 bridgehead atoms. The molecule has 0 aliphatic heterocycles. The van der Waals surface area contributed by atoms with Gasteiger partial charge in [0.1, 0.15) is 11.9 Å². The van der Waals surface area contributed by atoms with Gasteiger partial charge in [0.25, 0.3) is 0 Å². The normalized spacial score (nSPS) is 22.1. The number of sulfonamides is 1. The monoisotopic (exact) mass is 330 g/mol. The van der Waals surface area contributed by atoms with Crippen molar-refractivity contribution in [1.29, 1.82) is 0 Å². The number of halogens is 1. The van der Waals surface area contributed by atoms with Crippen molar-refractivity contribution in [3.05, 3.63) is 30.1 Å². The molecule has 22 heavy (non-hydrogen) atoms. The molecule has 0 spiro atoms. The van der Waals surface area contributed by atoms with Gasteiger partial charge < -0.3 is 4.74 Å². The Kier molecular flexibility index (Phi) is 5.36. The number of hydrogen-bond donors (Lipinski definition) is 2. The fourth-order valence-electron chi connectivity index (χ4n) is 2.49. The molecule has 0 radical (unpaired) electrons. The van der Waals surface area contributed by atoms with Crippen LogP contribution in [0.4, 0.5) is 14.9 Å². The molecule has 1 aliphatic rings. The van der Waals surface area contributed by atoms with E-state index in [0.29, 0.717) is 18.5 Å². The average Bonchev–Trinajstić information content (AvgIpc) is 2.40. The van der Waals surface area contributed by atoms with Crippen molar-refractivity contribution in [1.82, 2.24) is 4.72 Å². The Morgan fingerprint density at radius 2 is 1.95 bits per heavy atom. The van der Waals surface area contributed by atoms with Crippen LogP contribution in [-0.2, 0) is 14.8 Å². The van der Waals surface area contributed by atoms with E-state index in [1.807, 2.05) is 0 Å². The molecule has 0 heterocycles. The van der Waals surface area contributed by atoms with Gasteiger partial charge in [-0.15, -0.1) is 0 Å². The van der Waals surface area contributed by atoms with E-state index in [0.717, 1.165) is 19.1 Å². The Bertz CT molecular complexity index is 618. The molecule has 122 valence electrons. The van der Waals surface area contributed by atoms with E-state index in [9.17, 15) is 17.6 Å². The topological polar surface area (TPSA) is 84.5 Å². The number of amides is 1. The first-order valence-corrected chi connectivity index (χ1v) is 8.91. The van der Waals surface area contributed by atoms with Crippen molar-refractivity contribution in [2.75, 3.05) is 11.6 Å². The first-order valence-electron chi connectivity index (χ1n) is 7.02. The first-order chi connectivity index (χ1) is 10.3. The van der Waals surface area contributed by atoms with Gasteiger partial charge >= 0.3 is 6.09 Å². The third kappa shape index (κ3) is 5.61. The lowest BCUT2D eigenvalue weighted by Crippen LogP contribution is -2.40. The molecule has 1 saturated carbocycles. The minimum atomic E-state index is -3.27. The summed E-state index contributed by atoms with van der Waals surface area (Å²) in [5.41, 5.74) is 0.438.